The maximum absolute atomic E-state index is 11.6. The lowest BCUT2D eigenvalue weighted by molar-refractivity contribution is -0.170. The van der Waals surface area contributed by atoms with E-state index in [4.69, 9.17) is 18.3 Å². The minimum Gasteiger partial charge on any atom is -0.454 e. The Hall–Kier alpha value is -0.256. The third kappa shape index (κ3) is 6.11. The Labute approximate surface area is 167 Å². The number of hydrogen-bond donors (Lipinski definition) is 1. The third-order valence-corrected chi connectivity index (χ3v) is 15.2. The van der Waals surface area contributed by atoms with E-state index in [1.54, 1.807) is 0 Å². The predicted octanol–water partition coefficient (Wildman–Crippen LogP) is 4.05. The summed E-state index contributed by atoms with van der Waals surface area (Å²) >= 11 is 0. The van der Waals surface area contributed by atoms with Gasteiger partial charge in [0, 0.05) is 6.92 Å². The Bertz CT molecular complexity index is 521. The second kappa shape index (κ2) is 8.24. The Kier molecular flexibility index (Phi) is 7.56. The topological polar surface area (TPSA) is 74.2 Å². The molecule has 1 rings (SSSR count). The smallest absolute Gasteiger partial charge is 0.303 e. The van der Waals surface area contributed by atoms with Crippen LogP contribution in [0.1, 0.15) is 48.5 Å². The summed E-state index contributed by atoms with van der Waals surface area (Å²) in [5, 5.41) is 10.4. The Balaban J connectivity index is 3.05. The standard InChI is InChI=1S/C19H40O6Si2/c1-13(20)23-16-15(25-27(10,11)19(5,6)7)14(24-17(16)21)12-22-26(8,9)18(2,3)4/h14-17,21H,12H2,1-11H3/t14-,15-,16+,17+/m1/s1. The fraction of sp³-hybridized carbons (Fsp3) is 0.947. The van der Waals surface area contributed by atoms with Crippen LogP contribution in [0.5, 0.6) is 0 Å². The molecule has 0 aromatic carbocycles. The first-order valence-electron chi connectivity index (χ1n) is 9.71. The number of carbonyl (C=O) groups excluding carboxylic acids is 1. The van der Waals surface area contributed by atoms with Gasteiger partial charge in [0.1, 0.15) is 12.2 Å². The van der Waals surface area contributed by atoms with E-state index < -0.39 is 47.2 Å². The van der Waals surface area contributed by atoms with E-state index in [2.05, 4.69) is 67.7 Å². The highest BCUT2D eigenvalue weighted by atomic mass is 28.4. The zero-order valence-corrected chi connectivity index (χ0v) is 21.0. The Morgan fingerprint density at radius 3 is 1.85 bits per heavy atom. The van der Waals surface area contributed by atoms with Crippen molar-refractivity contribution in [3.05, 3.63) is 0 Å². The first kappa shape index (κ1) is 24.8. The zero-order valence-electron chi connectivity index (χ0n) is 19.0. The summed E-state index contributed by atoms with van der Waals surface area (Å²) in [4.78, 5) is 11.6. The van der Waals surface area contributed by atoms with Gasteiger partial charge in [-0.3, -0.25) is 4.79 Å². The molecule has 1 fully saturated rings. The molecule has 4 atom stereocenters. The highest BCUT2D eigenvalue weighted by Gasteiger charge is 2.52. The third-order valence-electron chi connectivity index (χ3n) is 6.24. The van der Waals surface area contributed by atoms with Gasteiger partial charge in [-0.2, -0.15) is 0 Å². The molecular weight excluding hydrogens is 380 g/mol. The number of ether oxygens (including phenoxy) is 2. The van der Waals surface area contributed by atoms with Crippen LogP contribution in [-0.2, 0) is 23.1 Å². The summed E-state index contributed by atoms with van der Waals surface area (Å²) in [5.74, 6) is -0.461. The molecule has 1 saturated heterocycles. The van der Waals surface area contributed by atoms with E-state index in [1.165, 1.54) is 6.92 Å². The molecule has 8 heteroatoms. The maximum atomic E-state index is 11.6. The van der Waals surface area contributed by atoms with Crippen molar-refractivity contribution in [1.29, 1.82) is 0 Å². The molecule has 1 heterocycles. The van der Waals surface area contributed by atoms with Gasteiger partial charge >= 0.3 is 5.97 Å². The molecular formula is C19H40O6Si2. The second-order valence-electron chi connectivity index (χ2n) is 10.6. The summed E-state index contributed by atoms with van der Waals surface area (Å²) in [6.45, 7) is 23.2. The van der Waals surface area contributed by atoms with Gasteiger partial charge in [-0.1, -0.05) is 41.5 Å². The fourth-order valence-electron chi connectivity index (χ4n) is 2.33. The van der Waals surface area contributed by atoms with E-state index in [0.29, 0.717) is 6.61 Å². The van der Waals surface area contributed by atoms with Crippen LogP contribution in [0.4, 0.5) is 0 Å². The van der Waals surface area contributed by atoms with Crippen molar-refractivity contribution in [2.24, 2.45) is 0 Å². The van der Waals surface area contributed by atoms with Crippen molar-refractivity contribution >= 4 is 22.6 Å². The quantitative estimate of drug-likeness (QED) is 0.516. The summed E-state index contributed by atoms with van der Waals surface area (Å²) < 4.78 is 23.9. The van der Waals surface area contributed by atoms with E-state index in [-0.39, 0.29) is 10.1 Å². The summed E-state index contributed by atoms with van der Waals surface area (Å²) in [5.41, 5.74) is 0. The van der Waals surface area contributed by atoms with Gasteiger partial charge in [0.05, 0.1) is 6.61 Å². The van der Waals surface area contributed by atoms with Crippen LogP contribution in [0.2, 0.25) is 36.3 Å². The lowest BCUT2D eigenvalue weighted by Gasteiger charge is -2.41. The molecule has 6 nitrogen and oxygen atoms in total. The zero-order chi connectivity index (χ0) is 21.4. The van der Waals surface area contributed by atoms with E-state index in [0.717, 1.165) is 0 Å². The number of carbonyl (C=O) groups is 1. The Morgan fingerprint density at radius 1 is 0.963 bits per heavy atom. The van der Waals surface area contributed by atoms with Gasteiger partial charge in [0.15, 0.2) is 29.0 Å². The number of aliphatic hydroxyl groups excluding tert-OH is 1. The predicted molar refractivity (Wildman–Crippen MR) is 112 cm³/mol. The van der Waals surface area contributed by atoms with Crippen molar-refractivity contribution in [1.82, 2.24) is 0 Å². The molecule has 0 radical (unpaired) electrons. The SMILES string of the molecule is CC(=O)O[C@H]1[C@H](O[Si](C)(C)C(C)(C)C)[C@@H](CO[Si](C)(C)C(C)(C)C)O[C@@H]1O. The van der Waals surface area contributed by atoms with E-state index in [9.17, 15) is 9.90 Å². The number of esters is 1. The van der Waals surface area contributed by atoms with Crippen molar-refractivity contribution in [3.63, 3.8) is 0 Å². The summed E-state index contributed by atoms with van der Waals surface area (Å²) in [7, 11) is -4.16. The fourth-order valence-corrected chi connectivity index (χ4v) is 4.66. The van der Waals surface area contributed by atoms with Crippen LogP contribution in [-0.4, -0.2) is 58.9 Å². The lowest BCUT2D eigenvalue weighted by Crippen LogP contribution is -2.52. The average molecular weight is 421 g/mol. The molecule has 0 spiro atoms. The van der Waals surface area contributed by atoms with Gasteiger partial charge in [-0.15, -0.1) is 0 Å². The van der Waals surface area contributed by atoms with Crippen molar-refractivity contribution in [2.45, 2.75) is 109 Å². The molecule has 0 unspecified atom stereocenters. The van der Waals surface area contributed by atoms with Crippen molar-refractivity contribution in [3.8, 4) is 0 Å². The monoisotopic (exact) mass is 420 g/mol. The molecule has 27 heavy (non-hydrogen) atoms. The Morgan fingerprint density at radius 2 is 1.44 bits per heavy atom. The molecule has 1 aliphatic heterocycles. The van der Waals surface area contributed by atoms with Crippen LogP contribution in [0.15, 0.2) is 0 Å². The molecule has 0 amide bonds. The minimum atomic E-state index is -2.17. The van der Waals surface area contributed by atoms with Crippen LogP contribution in [0.3, 0.4) is 0 Å². The van der Waals surface area contributed by atoms with Crippen molar-refractivity contribution < 1.29 is 28.2 Å². The summed E-state index contributed by atoms with van der Waals surface area (Å²) in [6, 6.07) is 0. The molecule has 160 valence electrons. The first-order valence-corrected chi connectivity index (χ1v) is 15.5. The number of aliphatic hydroxyl groups is 1. The molecule has 0 aromatic heterocycles. The van der Waals surface area contributed by atoms with Crippen LogP contribution < -0.4 is 0 Å². The largest absolute Gasteiger partial charge is 0.454 e. The van der Waals surface area contributed by atoms with Crippen LogP contribution >= 0.6 is 0 Å². The van der Waals surface area contributed by atoms with Crippen LogP contribution in [0, 0.1) is 0 Å². The average Bonchev–Trinajstić information content (AvgIpc) is 2.70. The van der Waals surface area contributed by atoms with Gasteiger partial charge in [0.2, 0.25) is 0 Å². The number of hydrogen-bond acceptors (Lipinski definition) is 6. The van der Waals surface area contributed by atoms with Gasteiger partial charge < -0.3 is 23.4 Å². The number of rotatable bonds is 6. The second-order valence-corrected chi connectivity index (χ2v) is 20.1. The summed E-state index contributed by atoms with van der Waals surface area (Å²) in [6.07, 6.45) is -3.08. The lowest BCUT2D eigenvalue weighted by atomic mass is 10.1. The minimum absolute atomic E-state index is 0.0217. The normalized spacial score (nSPS) is 27.7. The van der Waals surface area contributed by atoms with Gasteiger partial charge in [-0.25, -0.2) is 0 Å². The molecule has 0 bridgehead atoms. The molecule has 1 aliphatic rings. The first-order chi connectivity index (χ1) is 11.9. The highest BCUT2D eigenvalue weighted by molar-refractivity contribution is 6.74. The molecule has 0 aromatic rings. The molecule has 0 aliphatic carbocycles. The molecule has 1 N–H and O–H groups in total. The maximum Gasteiger partial charge on any atom is 0.303 e. The van der Waals surface area contributed by atoms with Gasteiger partial charge in [-0.05, 0) is 36.3 Å². The molecule has 0 saturated carbocycles. The van der Waals surface area contributed by atoms with Crippen molar-refractivity contribution in [2.75, 3.05) is 6.61 Å². The van der Waals surface area contributed by atoms with Crippen LogP contribution in [0.25, 0.3) is 0 Å². The van der Waals surface area contributed by atoms with E-state index >= 15 is 0 Å². The van der Waals surface area contributed by atoms with Gasteiger partial charge in [0.25, 0.3) is 0 Å². The highest BCUT2D eigenvalue weighted by Crippen LogP contribution is 2.41. The van der Waals surface area contributed by atoms with E-state index in [1.807, 2.05) is 0 Å².